The van der Waals surface area contributed by atoms with Crippen LogP contribution in [0.3, 0.4) is 0 Å². The number of aryl methyl sites for hydroxylation is 2. The molecule has 0 radical (unpaired) electrons. The Morgan fingerprint density at radius 2 is 1.72 bits per heavy atom. The third-order valence-corrected chi connectivity index (χ3v) is 3.76. The van der Waals surface area contributed by atoms with E-state index in [9.17, 15) is 14.4 Å². The summed E-state index contributed by atoms with van der Waals surface area (Å²) >= 11 is 5.83. The third-order valence-electron chi connectivity index (χ3n) is 3.53. The first-order chi connectivity index (χ1) is 11.8. The number of H-pyrrole nitrogens is 1. The van der Waals surface area contributed by atoms with Gasteiger partial charge in [-0.1, -0.05) is 17.7 Å². The van der Waals surface area contributed by atoms with E-state index in [1.54, 1.807) is 32.9 Å². The summed E-state index contributed by atoms with van der Waals surface area (Å²) in [6.07, 6.45) is 0. The molecule has 2 aromatic rings. The molecule has 0 aliphatic heterocycles. The summed E-state index contributed by atoms with van der Waals surface area (Å²) in [6.45, 7) is 4.73. The molecular weight excluding hydrogens is 346 g/mol. The largest absolute Gasteiger partial charge is 0.462 e. The molecule has 25 heavy (non-hydrogen) atoms. The average Bonchev–Trinajstić information content (AvgIpc) is 2.86. The topological polar surface area (TPSA) is 85.5 Å². The molecule has 2 rings (SSSR count). The lowest BCUT2D eigenvalue weighted by Gasteiger charge is -2.07. The van der Waals surface area contributed by atoms with Gasteiger partial charge in [0, 0.05) is 16.4 Å². The SMILES string of the molecule is CCOC(=O)c1c(C)[nH]c(C)c1C(=O)COC(=O)c1cccc(Cl)c1. The van der Waals surface area contributed by atoms with E-state index < -0.39 is 24.3 Å². The lowest BCUT2D eigenvalue weighted by atomic mass is 10.1. The highest BCUT2D eigenvalue weighted by molar-refractivity contribution is 6.30. The van der Waals surface area contributed by atoms with Gasteiger partial charge >= 0.3 is 11.9 Å². The molecule has 132 valence electrons. The first-order valence-electron chi connectivity index (χ1n) is 7.67. The van der Waals surface area contributed by atoms with Gasteiger partial charge in [-0.25, -0.2) is 9.59 Å². The summed E-state index contributed by atoms with van der Waals surface area (Å²) in [6, 6.07) is 6.22. The fourth-order valence-corrected chi connectivity index (χ4v) is 2.68. The lowest BCUT2D eigenvalue weighted by Crippen LogP contribution is -2.18. The van der Waals surface area contributed by atoms with Crippen molar-refractivity contribution in [3.8, 4) is 0 Å². The van der Waals surface area contributed by atoms with E-state index in [4.69, 9.17) is 21.1 Å². The van der Waals surface area contributed by atoms with Crippen LogP contribution in [-0.4, -0.2) is 35.9 Å². The fraction of sp³-hybridized carbons (Fsp3) is 0.278. The van der Waals surface area contributed by atoms with Crippen molar-refractivity contribution in [1.29, 1.82) is 0 Å². The number of benzene rings is 1. The standard InChI is InChI=1S/C18H18ClNO5/c1-4-24-18(23)16-11(3)20-10(2)15(16)14(21)9-25-17(22)12-6-5-7-13(19)8-12/h5-8,20H,4,9H2,1-3H3. The predicted octanol–water partition coefficient (Wildman–Crippen LogP) is 3.50. The number of halogens is 1. The molecule has 1 aromatic heterocycles. The van der Waals surface area contributed by atoms with Crippen LogP contribution in [0.1, 0.15) is 49.4 Å². The van der Waals surface area contributed by atoms with Crippen LogP contribution in [0.5, 0.6) is 0 Å². The summed E-state index contributed by atoms with van der Waals surface area (Å²) in [4.78, 5) is 39.5. The molecule has 0 saturated heterocycles. The minimum Gasteiger partial charge on any atom is -0.462 e. The second kappa shape index (κ2) is 7.98. The quantitative estimate of drug-likeness (QED) is 0.627. The highest BCUT2D eigenvalue weighted by Crippen LogP contribution is 2.20. The normalized spacial score (nSPS) is 10.4. The first-order valence-corrected chi connectivity index (χ1v) is 8.05. The molecule has 7 heteroatoms. The number of carbonyl (C=O) groups is 3. The summed E-state index contributed by atoms with van der Waals surface area (Å²) < 4.78 is 10.0. The molecule has 0 aliphatic rings. The number of nitrogens with one attached hydrogen (secondary N) is 1. The van der Waals surface area contributed by atoms with Gasteiger partial charge in [0.15, 0.2) is 6.61 Å². The minimum absolute atomic E-state index is 0.170. The van der Waals surface area contributed by atoms with Crippen LogP contribution in [-0.2, 0) is 9.47 Å². The van der Waals surface area contributed by atoms with Crippen LogP contribution in [0.2, 0.25) is 5.02 Å². The van der Waals surface area contributed by atoms with Gasteiger partial charge in [-0.2, -0.15) is 0 Å². The highest BCUT2D eigenvalue weighted by atomic mass is 35.5. The number of hydrogen-bond donors (Lipinski definition) is 1. The van der Waals surface area contributed by atoms with Crippen LogP contribution in [0.4, 0.5) is 0 Å². The number of esters is 2. The molecule has 0 bridgehead atoms. The number of aromatic amines is 1. The first kappa shape index (κ1) is 18.7. The molecule has 1 N–H and O–H groups in total. The number of Topliss-reactive ketones (excluding diaryl/α,β-unsaturated/α-hetero) is 1. The van der Waals surface area contributed by atoms with Crippen LogP contribution in [0.15, 0.2) is 24.3 Å². The van der Waals surface area contributed by atoms with Crippen LogP contribution in [0, 0.1) is 13.8 Å². The van der Waals surface area contributed by atoms with Crippen molar-refractivity contribution in [2.24, 2.45) is 0 Å². The van der Waals surface area contributed by atoms with Crippen molar-refractivity contribution < 1.29 is 23.9 Å². The second-order valence-electron chi connectivity index (χ2n) is 5.36. The van der Waals surface area contributed by atoms with Crippen molar-refractivity contribution in [3.05, 3.63) is 57.4 Å². The number of rotatable bonds is 6. The molecule has 0 saturated carbocycles. The maximum atomic E-state index is 12.5. The Morgan fingerprint density at radius 3 is 2.36 bits per heavy atom. The molecule has 1 aromatic carbocycles. The number of hydrogen-bond acceptors (Lipinski definition) is 5. The monoisotopic (exact) mass is 363 g/mol. The summed E-state index contributed by atoms with van der Waals surface area (Å²) in [5.41, 5.74) is 1.63. The minimum atomic E-state index is -0.668. The lowest BCUT2D eigenvalue weighted by molar-refractivity contribution is 0.0472. The van der Waals surface area contributed by atoms with E-state index in [-0.39, 0.29) is 23.3 Å². The van der Waals surface area contributed by atoms with Crippen molar-refractivity contribution in [2.45, 2.75) is 20.8 Å². The van der Waals surface area contributed by atoms with Gasteiger partial charge in [0.1, 0.15) is 0 Å². The Hall–Kier alpha value is -2.60. The van der Waals surface area contributed by atoms with Gasteiger partial charge in [0.25, 0.3) is 0 Å². The molecule has 0 atom stereocenters. The van der Waals surface area contributed by atoms with Crippen molar-refractivity contribution in [1.82, 2.24) is 4.98 Å². The maximum absolute atomic E-state index is 12.5. The molecule has 0 aliphatic carbocycles. The zero-order valence-electron chi connectivity index (χ0n) is 14.1. The van der Waals surface area contributed by atoms with E-state index >= 15 is 0 Å². The van der Waals surface area contributed by atoms with Crippen molar-refractivity contribution in [2.75, 3.05) is 13.2 Å². The van der Waals surface area contributed by atoms with Gasteiger partial charge in [-0.05, 0) is 39.0 Å². The highest BCUT2D eigenvalue weighted by Gasteiger charge is 2.26. The van der Waals surface area contributed by atoms with E-state index in [0.29, 0.717) is 16.4 Å². The smallest absolute Gasteiger partial charge is 0.340 e. The van der Waals surface area contributed by atoms with Crippen LogP contribution < -0.4 is 0 Å². The third kappa shape index (κ3) is 4.28. The summed E-state index contributed by atoms with van der Waals surface area (Å²) in [5, 5.41) is 0.391. The molecule has 0 amide bonds. The molecule has 0 fully saturated rings. The molecule has 0 spiro atoms. The number of ether oxygens (including phenoxy) is 2. The molecule has 0 unspecified atom stereocenters. The summed E-state index contributed by atoms with van der Waals surface area (Å²) in [5.74, 6) is -1.74. The molecular formula is C18H18ClNO5. The molecule has 1 heterocycles. The number of ketones is 1. The fourth-order valence-electron chi connectivity index (χ4n) is 2.49. The van der Waals surface area contributed by atoms with E-state index in [1.807, 2.05) is 0 Å². The Morgan fingerprint density at radius 1 is 1.04 bits per heavy atom. The van der Waals surface area contributed by atoms with Crippen molar-refractivity contribution >= 4 is 29.3 Å². The van der Waals surface area contributed by atoms with Gasteiger partial charge in [-0.3, -0.25) is 4.79 Å². The number of carbonyl (C=O) groups excluding carboxylic acids is 3. The Kier molecular flexibility index (Phi) is 5.98. The van der Waals surface area contributed by atoms with Crippen LogP contribution in [0.25, 0.3) is 0 Å². The Bertz CT molecular complexity index is 825. The van der Waals surface area contributed by atoms with Crippen LogP contribution >= 0.6 is 11.6 Å². The van der Waals surface area contributed by atoms with E-state index in [1.165, 1.54) is 12.1 Å². The molecule has 6 nitrogen and oxygen atoms in total. The Balaban J connectivity index is 2.16. The number of aromatic nitrogens is 1. The zero-order valence-corrected chi connectivity index (χ0v) is 14.9. The van der Waals surface area contributed by atoms with Gasteiger partial charge in [-0.15, -0.1) is 0 Å². The maximum Gasteiger partial charge on any atom is 0.340 e. The predicted molar refractivity (Wildman–Crippen MR) is 92.3 cm³/mol. The van der Waals surface area contributed by atoms with Gasteiger partial charge < -0.3 is 14.5 Å². The second-order valence-corrected chi connectivity index (χ2v) is 5.79. The summed E-state index contributed by atoms with van der Waals surface area (Å²) in [7, 11) is 0. The average molecular weight is 364 g/mol. The van der Waals surface area contributed by atoms with Crippen molar-refractivity contribution in [3.63, 3.8) is 0 Å². The Labute approximate surface area is 150 Å². The van der Waals surface area contributed by atoms with E-state index in [2.05, 4.69) is 4.98 Å². The zero-order chi connectivity index (χ0) is 18.6. The van der Waals surface area contributed by atoms with Gasteiger partial charge in [0.05, 0.1) is 23.3 Å². The van der Waals surface area contributed by atoms with Gasteiger partial charge in [0.2, 0.25) is 5.78 Å². The van der Waals surface area contributed by atoms with E-state index in [0.717, 1.165) is 0 Å².